The van der Waals surface area contributed by atoms with Gasteiger partial charge in [-0.1, -0.05) is 47.0 Å². The second-order valence-corrected chi connectivity index (χ2v) is 8.49. The van der Waals surface area contributed by atoms with Crippen LogP contribution in [-0.4, -0.2) is 27.4 Å². The lowest BCUT2D eigenvalue weighted by molar-refractivity contribution is 0.0608. The molecule has 0 amide bonds. The lowest BCUT2D eigenvalue weighted by Crippen LogP contribution is -2.24. The maximum absolute atomic E-state index is 11.2. The highest BCUT2D eigenvalue weighted by molar-refractivity contribution is 8.13. The van der Waals surface area contributed by atoms with Crippen molar-refractivity contribution in [2.45, 2.75) is 53.4 Å². The van der Waals surface area contributed by atoms with E-state index < -0.39 is 9.05 Å². The molecule has 0 spiro atoms. The van der Waals surface area contributed by atoms with E-state index in [1.165, 1.54) is 19.3 Å². The molecule has 0 aromatic carbocycles. The SMILES string of the molecule is CCCCC(CC)COCC(CS(=O)(=O)Cl)C(C)C. The molecule has 0 saturated heterocycles. The third-order valence-electron chi connectivity index (χ3n) is 3.58. The van der Waals surface area contributed by atoms with Crippen LogP contribution in [0.15, 0.2) is 0 Å². The number of halogens is 1. The maximum Gasteiger partial charge on any atom is 0.232 e. The van der Waals surface area contributed by atoms with Crippen molar-refractivity contribution in [3.8, 4) is 0 Å². The Morgan fingerprint density at radius 3 is 2.21 bits per heavy atom. The summed E-state index contributed by atoms with van der Waals surface area (Å²) in [5.41, 5.74) is 0. The Morgan fingerprint density at radius 1 is 1.16 bits per heavy atom. The first-order valence-electron chi connectivity index (χ1n) is 7.30. The first-order valence-corrected chi connectivity index (χ1v) is 9.78. The van der Waals surface area contributed by atoms with Crippen LogP contribution in [0.2, 0.25) is 0 Å². The Bertz CT molecular complexity index is 315. The van der Waals surface area contributed by atoms with Gasteiger partial charge in [0.2, 0.25) is 9.05 Å². The first kappa shape index (κ1) is 19.2. The van der Waals surface area contributed by atoms with Crippen LogP contribution < -0.4 is 0 Å². The highest BCUT2D eigenvalue weighted by atomic mass is 35.7. The monoisotopic (exact) mass is 312 g/mol. The molecule has 116 valence electrons. The van der Waals surface area contributed by atoms with Crippen LogP contribution in [0, 0.1) is 17.8 Å². The average molecular weight is 313 g/mol. The van der Waals surface area contributed by atoms with E-state index in [9.17, 15) is 8.42 Å². The Labute approximate surface area is 123 Å². The molecule has 0 heterocycles. The Kier molecular flexibility index (Phi) is 10.1. The third kappa shape index (κ3) is 10.6. The van der Waals surface area contributed by atoms with Gasteiger partial charge in [-0.15, -0.1) is 0 Å². The van der Waals surface area contributed by atoms with Gasteiger partial charge in [0.05, 0.1) is 12.4 Å². The Morgan fingerprint density at radius 2 is 1.79 bits per heavy atom. The summed E-state index contributed by atoms with van der Waals surface area (Å²) in [5, 5.41) is 0. The van der Waals surface area contributed by atoms with Gasteiger partial charge in [-0.05, 0) is 24.2 Å². The highest BCUT2D eigenvalue weighted by Crippen LogP contribution is 2.18. The predicted octanol–water partition coefficient (Wildman–Crippen LogP) is 4.06. The minimum Gasteiger partial charge on any atom is -0.381 e. The molecular weight excluding hydrogens is 284 g/mol. The van der Waals surface area contributed by atoms with Gasteiger partial charge >= 0.3 is 0 Å². The van der Waals surface area contributed by atoms with Crippen molar-refractivity contribution in [2.75, 3.05) is 19.0 Å². The topological polar surface area (TPSA) is 43.4 Å². The van der Waals surface area contributed by atoms with Crippen LogP contribution in [-0.2, 0) is 13.8 Å². The van der Waals surface area contributed by atoms with Gasteiger partial charge in [0, 0.05) is 17.3 Å². The molecule has 0 aliphatic rings. The average Bonchev–Trinajstić information content (AvgIpc) is 2.30. The van der Waals surface area contributed by atoms with E-state index >= 15 is 0 Å². The van der Waals surface area contributed by atoms with Gasteiger partial charge in [0.1, 0.15) is 0 Å². The van der Waals surface area contributed by atoms with E-state index in [4.69, 9.17) is 15.4 Å². The summed E-state index contributed by atoms with van der Waals surface area (Å²) >= 11 is 0. The summed E-state index contributed by atoms with van der Waals surface area (Å²) in [6.45, 7) is 9.57. The summed E-state index contributed by atoms with van der Waals surface area (Å²) in [6.07, 6.45) is 4.73. The molecule has 19 heavy (non-hydrogen) atoms. The highest BCUT2D eigenvalue weighted by Gasteiger charge is 2.21. The van der Waals surface area contributed by atoms with Crippen LogP contribution in [0.1, 0.15) is 53.4 Å². The van der Waals surface area contributed by atoms with Crippen molar-refractivity contribution in [1.82, 2.24) is 0 Å². The van der Waals surface area contributed by atoms with Gasteiger partial charge in [-0.25, -0.2) is 8.42 Å². The third-order valence-corrected chi connectivity index (χ3v) is 4.79. The molecule has 0 bridgehead atoms. The van der Waals surface area contributed by atoms with Crippen LogP contribution in [0.25, 0.3) is 0 Å². The lowest BCUT2D eigenvalue weighted by atomic mass is 9.98. The molecule has 0 aliphatic carbocycles. The van der Waals surface area contributed by atoms with Crippen molar-refractivity contribution in [3.05, 3.63) is 0 Å². The fraction of sp³-hybridized carbons (Fsp3) is 1.00. The molecule has 0 aromatic rings. The van der Waals surface area contributed by atoms with E-state index in [1.807, 2.05) is 13.8 Å². The predicted molar refractivity (Wildman–Crippen MR) is 82.1 cm³/mol. The van der Waals surface area contributed by atoms with E-state index in [2.05, 4.69) is 13.8 Å². The molecule has 2 atom stereocenters. The number of hydrogen-bond donors (Lipinski definition) is 0. The van der Waals surface area contributed by atoms with E-state index in [0.717, 1.165) is 13.0 Å². The Hall–Kier alpha value is 0.200. The zero-order valence-corrected chi connectivity index (χ0v) is 14.3. The summed E-state index contributed by atoms with van der Waals surface area (Å²) in [7, 11) is 1.88. The molecule has 0 aliphatic heterocycles. The molecule has 3 nitrogen and oxygen atoms in total. The van der Waals surface area contributed by atoms with Gasteiger partial charge in [0.25, 0.3) is 0 Å². The summed E-state index contributed by atoms with van der Waals surface area (Å²) in [6, 6.07) is 0. The number of hydrogen-bond acceptors (Lipinski definition) is 3. The van der Waals surface area contributed by atoms with E-state index in [0.29, 0.717) is 12.5 Å². The van der Waals surface area contributed by atoms with Crippen molar-refractivity contribution in [3.63, 3.8) is 0 Å². The molecule has 0 fully saturated rings. The van der Waals surface area contributed by atoms with Gasteiger partial charge in [0.15, 0.2) is 0 Å². The molecule has 0 rings (SSSR count). The fourth-order valence-electron chi connectivity index (χ4n) is 1.97. The van der Waals surface area contributed by atoms with Gasteiger partial charge in [-0.3, -0.25) is 0 Å². The van der Waals surface area contributed by atoms with Crippen LogP contribution in [0.3, 0.4) is 0 Å². The molecular formula is C14H29ClO3S. The van der Waals surface area contributed by atoms with Gasteiger partial charge in [-0.2, -0.15) is 0 Å². The van der Waals surface area contributed by atoms with Gasteiger partial charge < -0.3 is 4.74 Å². The second kappa shape index (κ2) is 10.0. The summed E-state index contributed by atoms with van der Waals surface area (Å²) in [4.78, 5) is 0. The Balaban J connectivity index is 4.11. The minimum absolute atomic E-state index is 0.00201. The van der Waals surface area contributed by atoms with Crippen LogP contribution in [0.4, 0.5) is 0 Å². The quantitative estimate of drug-likeness (QED) is 0.540. The zero-order valence-electron chi connectivity index (χ0n) is 12.7. The summed E-state index contributed by atoms with van der Waals surface area (Å²) in [5.74, 6) is 0.814. The molecule has 2 unspecified atom stereocenters. The molecule has 0 radical (unpaired) electrons. The largest absolute Gasteiger partial charge is 0.381 e. The minimum atomic E-state index is -3.45. The lowest BCUT2D eigenvalue weighted by Gasteiger charge is -2.21. The second-order valence-electron chi connectivity index (χ2n) is 5.66. The number of ether oxygens (including phenoxy) is 1. The molecule has 0 saturated carbocycles. The van der Waals surface area contributed by atoms with Crippen molar-refractivity contribution < 1.29 is 13.2 Å². The smallest absolute Gasteiger partial charge is 0.232 e. The zero-order chi connectivity index (χ0) is 14.9. The number of rotatable bonds is 11. The van der Waals surface area contributed by atoms with Crippen molar-refractivity contribution in [2.24, 2.45) is 17.8 Å². The van der Waals surface area contributed by atoms with Crippen LogP contribution >= 0.6 is 10.7 Å². The standard InChI is InChI=1S/C14H29ClO3S/c1-5-7-8-13(6-2)9-18-10-14(12(3)4)11-19(15,16)17/h12-14H,5-11H2,1-4H3. The summed E-state index contributed by atoms with van der Waals surface area (Å²) < 4.78 is 28.0. The van der Waals surface area contributed by atoms with E-state index in [-0.39, 0.29) is 17.6 Å². The maximum atomic E-state index is 11.2. The number of unbranched alkanes of at least 4 members (excludes halogenated alkanes) is 1. The molecule has 0 aromatic heterocycles. The molecule has 5 heteroatoms. The normalized spacial score (nSPS) is 15.7. The van der Waals surface area contributed by atoms with Crippen LogP contribution in [0.5, 0.6) is 0 Å². The van der Waals surface area contributed by atoms with Crippen molar-refractivity contribution in [1.29, 1.82) is 0 Å². The first-order chi connectivity index (χ1) is 8.80. The van der Waals surface area contributed by atoms with E-state index in [1.54, 1.807) is 0 Å². The van der Waals surface area contributed by atoms with Crippen molar-refractivity contribution >= 4 is 19.7 Å². The fourth-order valence-corrected chi connectivity index (χ4v) is 3.45. The molecule has 0 N–H and O–H groups in total.